The highest BCUT2D eigenvalue weighted by atomic mass is 15.1. The van der Waals surface area contributed by atoms with Gasteiger partial charge in [-0.05, 0) is 6.92 Å². The fraction of sp³-hybridized carbons (Fsp3) is 0.375. The highest BCUT2D eigenvalue weighted by Gasteiger charge is 1.95. The zero-order chi connectivity index (χ0) is 9.52. The van der Waals surface area contributed by atoms with Crippen molar-refractivity contribution in [1.29, 1.82) is 5.26 Å². The zero-order valence-electron chi connectivity index (χ0n) is 7.41. The number of hydrogen-bond donors (Lipinski definition) is 2. The molecule has 0 amide bonds. The summed E-state index contributed by atoms with van der Waals surface area (Å²) in [4.78, 5) is 7.94. The molecule has 1 heterocycles. The maximum Gasteiger partial charge on any atom is 0.132 e. The van der Waals surface area contributed by atoms with Gasteiger partial charge in [-0.2, -0.15) is 5.26 Å². The Balaban J connectivity index is 2.63. The largest absolute Gasteiger partial charge is 0.370 e. The van der Waals surface area contributed by atoms with Crippen LogP contribution in [0.25, 0.3) is 0 Å². The maximum absolute atomic E-state index is 8.33. The number of aromatic nitrogens is 2. The summed E-state index contributed by atoms with van der Waals surface area (Å²) in [5, 5.41) is 14.2. The maximum atomic E-state index is 8.33. The van der Waals surface area contributed by atoms with Crippen molar-refractivity contribution in [3.05, 3.63) is 12.4 Å². The van der Waals surface area contributed by atoms with Gasteiger partial charge < -0.3 is 10.6 Å². The lowest BCUT2D eigenvalue weighted by molar-refractivity contribution is 1.10. The van der Waals surface area contributed by atoms with E-state index in [1.54, 1.807) is 6.07 Å². The zero-order valence-corrected chi connectivity index (χ0v) is 7.41. The van der Waals surface area contributed by atoms with Gasteiger partial charge in [0.2, 0.25) is 0 Å². The molecule has 0 aromatic carbocycles. The molecular formula is C8H11N5. The van der Waals surface area contributed by atoms with E-state index in [0.717, 1.165) is 12.4 Å². The Kier molecular flexibility index (Phi) is 3.51. The summed E-state index contributed by atoms with van der Waals surface area (Å²) in [6.07, 6.45) is 1.46. The Labute approximate surface area is 76.8 Å². The molecule has 13 heavy (non-hydrogen) atoms. The van der Waals surface area contributed by atoms with Crippen molar-refractivity contribution in [3.63, 3.8) is 0 Å². The molecular weight excluding hydrogens is 166 g/mol. The number of rotatable bonds is 4. The standard InChI is InChI=1S/C8H11N5/c1-2-10-7-5-8(11-4-3-9)13-6-12-7/h5-6H,2,4H2,1H3,(H2,10,11,12,13). The highest BCUT2D eigenvalue weighted by Crippen LogP contribution is 2.07. The molecule has 0 bridgehead atoms. The van der Waals surface area contributed by atoms with Crippen molar-refractivity contribution in [3.8, 4) is 6.07 Å². The summed E-state index contributed by atoms with van der Waals surface area (Å²) in [6.45, 7) is 3.06. The monoisotopic (exact) mass is 177 g/mol. The van der Waals surface area contributed by atoms with Gasteiger partial charge >= 0.3 is 0 Å². The molecule has 0 saturated carbocycles. The molecule has 0 fully saturated rings. The van der Waals surface area contributed by atoms with Gasteiger partial charge in [-0.25, -0.2) is 9.97 Å². The van der Waals surface area contributed by atoms with E-state index in [1.165, 1.54) is 6.33 Å². The van der Waals surface area contributed by atoms with E-state index in [0.29, 0.717) is 5.82 Å². The predicted molar refractivity (Wildman–Crippen MR) is 50.3 cm³/mol. The first-order valence-corrected chi connectivity index (χ1v) is 4.03. The second-order valence-electron chi connectivity index (χ2n) is 2.33. The van der Waals surface area contributed by atoms with Gasteiger partial charge in [0.25, 0.3) is 0 Å². The van der Waals surface area contributed by atoms with Crippen LogP contribution >= 0.6 is 0 Å². The van der Waals surface area contributed by atoms with Crippen LogP contribution < -0.4 is 10.6 Å². The van der Waals surface area contributed by atoms with Crippen molar-refractivity contribution in [1.82, 2.24) is 9.97 Å². The lowest BCUT2D eigenvalue weighted by Gasteiger charge is -2.03. The summed E-state index contributed by atoms with van der Waals surface area (Å²) in [6, 6.07) is 3.74. The molecule has 5 heteroatoms. The van der Waals surface area contributed by atoms with E-state index < -0.39 is 0 Å². The van der Waals surface area contributed by atoms with Crippen molar-refractivity contribution in [2.24, 2.45) is 0 Å². The third kappa shape index (κ3) is 2.95. The topological polar surface area (TPSA) is 73.6 Å². The smallest absolute Gasteiger partial charge is 0.132 e. The normalized spacial score (nSPS) is 8.92. The van der Waals surface area contributed by atoms with E-state index in [4.69, 9.17) is 5.26 Å². The summed E-state index contributed by atoms with van der Waals surface area (Å²) >= 11 is 0. The fourth-order valence-electron chi connectivity index (χ4n) is 0.862. The van der Waals surface area contributed by atoms with E-state index >= 15 is 0 Å². The highest BCUT2D eigenvalue weighted by molar-refractivity contribution is 5.46. The van der Waals surface area contributed by atoms with E-state index in [2.05, 4.69) is 20.6 Å². The Morgan fingerprint density at radius 1 is 1.38 bits per heavy atom. The van der Waals surface area contributed by atoms with Crippen LogP contribution in [0, 0.1) is 11.3 Å². The SMILES string of the molecule is CCNc1cc(NCC#N)ncn1. The Bertz CT molecular complexity index is 304. The molecule has 1 aromatic rings. The van der Waals surface area contributed by atoms with Crippen LogP contribution in [0.5, 0.6) is 0 Å². The molecule has 1 aromatic heterocycles. The molecule has 0 aliphatic heterocycles. The van der Waals surface area contributed by atoms with Gasteiger partial charge in [0.05, 0.1) is 6.07 Å². The number of nitrogens with one attached hydrogen (secondary N) is 2. The van der Waals surface area contributed by atoms with Crippen LogP contribution in [0.4, 0.5) is 11.6 Å². The minimum atomic E-state index is 0.253. The molecule has 0 aliphatic rings. The summed E-state index contributed by atoms with van der Waals surface area (Å²) in [5.74, 6) is 1.42. The van der Waals surface area contributed by atoms with Crippen molar-refractivity contribution >= 4 is 11.6 Å². The first kappa shape index (κ1) is 9.26. The van der Waals surface area contributed by atoms with Gasteiger partial charge in [0.1, 0.15) is 24.5 Å². The first-order valence-electron chi connectivity index (χ1n) is 4.03. The Morgan fingerprint density at radius 2 is 2.08 bits per heavy atom. The van der Waals surface area contributed by atoms with E-state index in [-0.39, 0.29) is 6.54 Å². The quantitative estimate of drug-likeness (QED) is 0.667. The average molecular weight is 177 g/mol. The Hall–Kier alpha value is -1.83. The molecule has 68 valence electrons. The minimum Gasteiger partial charge on any atom is -0.370 e. The van der Waals surface area contributed by atoms with Crippen LogP contribution in [0.1, 0.15) is 6.92 Å². The van der Waals surface area contributed by atoms with E-state index in [1.807, 2.05) is 13.0 Å². The molecule has 2 N–H and O–H groups in total. The fourth-order valence-corrected chi connectivity index (χ4v) is 0.862. The minimum absolute atomic E-state index is 0.253. The molecule has 5 nitrogen and oxygen atoms in total. The number of nitriles is 1. The van der Waals surface area contributed by atoms with Gasteiger partial charge in [0.15, 0.2) is 0 Å². The van der Waals surface area contributed by atoms with Crippen molar-refractivity contribution < 1.29 is 0 Å². The molecule has 0 atom stereocenters. The summed E-state index contributed by atoms with van der Waals surface area (Å²) < 4.78 is 0. The third-order valence-electron chi connectivity index (χ3n) is 1.37. The predicted octanol–water partition coefficient (Wildman–Crippen LogP) is 0.844. The second kappa shape index (κ2) is 4.93. The molecule has 0 saturated heterocycles. The van der Waals surface area contributed by atoms with Crippen LogP contribution in [0.2, 0.25) is 0 Å². The molecule has 0 radical (unpaired) electrons. The summed E-state index contributed by atoms with van der Waals surface area (Å²) in [5.41, 5.74) is 0. The third-order valence-corrected chi connectivity index (χ3v) is 1.37. The second-order valence-corrected chi connectivity index (χ2v) is 2.33. The van der Waals surface area contributed by atoms with Crippen LogP contribution in [0.15, 0.2) is 12.4 Å². The van der Waals surface area contributed by atoms with Crippen LogP contribution in [-0.4, -0.2) is 23.1 Å². The molecule has 0 aliphatic carbocycles. The lowest BCUT2D eigenvalue weighted by atomic mass is 10.5. The van der Waals surface area contributed by atoms with E-state index in [9.17, 15) is 0 Å². The first-order chi connectivity index (χ1) is 6.36. The van der Waals surface area contributed by atoms with Crippen molar-refractivity contribution in [2.75, 3.05) is 23.7 Å². The average Bonchev–Trinajstić information content (AvgIpc) is 2.16. The molecule has 0 spiro atoms. The summed E-state index contributed by atoms with van der Waals surface area (Å²) in [7, 11) is 0. The lowest BCUT2D eigenvalue weighted by Crippen LogP contribution is -2.04. The van der Waals surface area contributed by atoms with Gasteiger partial charge in [0, 0.05) is 12.6 Å². The van der Waals surface area contributed by atoms with Crippen LogP contribution in [0.3, 0.4) is 0 Å². The van der Waals surface area contributed by atoms with Gasteiger partial charge in [-0.3, -0.25) is 0 Å². The molecule has 1 rings (SSSR count). The number of hydrogen-bond acceptors (Lipinski definition) is 5. The van der Waals surface area contributed by atoms with Gasteiger partial charge in [-0.15, -0.1) is 0 Å². The Morgan fingerprint density at radius 3 is 2.69 bits per heavy atom. The number of nitrogens with zero attached hydrogens (tertiary/aromatic N) is 3. The van der Waals surface area contributed by atoms with Crippen molar-refractivity contribution in [2.45, 2.75) is 6.92 Å². The number of anilines is 2. The van der Waals surface area contributed by atoms with Gasteiger partial charge in [-0.1, -0.05) is 0 Å². The molecule has 0 unspecified atom stereocenters. The van der Waals surface area contributed by atoms with Crippen LogP contribution in [-0.2, 0) is 0 Å².